The summed E-state index contributed by atoms with van der Waals surface area (Å²) in [4.78, 5) is 0. The van der Waals surface area contributed by atoms with Gasteiger partial charge in [0.15, 0.2) is 0 Å². The zero-order chi connectivity index (χ0) is 13.7. The van der Waals surface area contributed by atoms with E-state index in [1.54, 1.807) is 0 Å². The van der Waals surface area contributed by atoms with Gasteiger partial charge in [-0.3, -0.25) is 0 Å². The number of methoxy groups -OCH3 is 1. The molecular weight excluding hydrogens is 234 g/mol. The van der Waals surface area contributed by atoms with Crippen molar-refractivity contribution in [1.29, 1.82) is 0 Å². The second-order valence-corrected chi connectivity index (χ2v) is 5.73. The maximum atomic E-state index is 6.03. The van der Waals surface area contributed by atoms with Crippen molar-refractivity contribution in [2.24, 2.45) is 0 Å². The first-order valence-electron chi connectivity index (χ1n) is 7.57. The van der Waals surface area contributed by atoms with Crippen LogP contribution in [0.3, 0.4) is 0 Å². The summed E-state index contributed by atoms with van der Waals surface area (Å²) in [5.74, 6) is 0. The second-order valence-electron chi connectivity index (χ2n) is 5.73. The largest absolute Gasteiger partial charge is 0.376 e. The summed E-state index contributed by atoms with van der Waals surface area (Å²) in [6.45, 7) is 5.31. The minimum atomic E-state index is -0.0257. The zero-order valence-corrected chi connectivity index (χ0v) is 12.5. The monoisotopic (exact) mass is 261 g/mol. The average Bonchev–Trinajstić information content (AvgIpc) is 2.45. The van der Waals surface area contributed by atoms with Crippen LogP contribution < -0.4 is 5.32 Å². The Morgan fingerprint density at radius 3 is 2.58 bits per heavy atom. The predicted octanol–water partition coefficient (Wildman–Crippen LogP) is 3.99. The molecule has 2 rings (SSSR count). The molecule has 2 heteroatoms. The van der Waals surface area contributed by atoms with Crippen molar-refractivity contribution < 1.29 is 4.74 Å². The number of benzene rings is 1. The van der Waals surface area contributed by atoms with E-state index in [4.69, 9.17) is 4.74 Å². The third kappa shape index (κ3) is 3.18. The van der Waals surface area contributed by atoms with Crippen LogP contribution in [0.5, 0.6) is 0 Å². The van der Waals surface area contributed by atoms with Crippen LogP contribution in [0.1, 0.15) is 56.2 Å². The van der Waals surface area contributed by atoms with E-state index in [9.17, 15) is 0 Å². The Hall–Kier alpha value is -0.860. The number of likely N-dealkylation sites (N-methyl/N-ethyl adjacent to an activating group) is 1. The van der Waals surface area contributed by atoms with Crippen molar-refractivity contribution in [3.8, 4) is 0 Å². The van der Waals surface area contributed by atoms with Gasteiger partial charge in [0, 0.05) is 7.11 Å². The number of ether oxygens (including phenoxy) is 1. The Bertz CT molecular complexity index is 396. The Morgan fingerprint density at radius 1 is 1.26 bits per heavy atom. The first kappa shape index (κ1) is 14.5. The summed E-state index contributed by atoms with van der Waals surface area (Å²) in [5, 5.41) is 3.66. The summed E-state index contributed by atoms with van der Waals surface area (Å²) in [6, 6.07) is 9.15. The Labute approximate surface area is 117 Å². The highest BCUT2D eigenvalue weighted by atomic mass is 16.5. The van der Waals surface area contributed by atoms with Gasteiger partial charge < -0.3 is 10.1 Å². The lowest BCUT2D eigenvalue weighted by molar-refractivity contribution is -0.0684. The summed E-state index contributed by atoms with van der Waals surface area (Å²) >= 11 is 0. The number of hydrogen-bond donors (Lipinski definition) is 1. The fourth-order valence-electron chi connectivity index (χ4n) is 3.42. The predicted molar refractivity (Wildman–Crippen MR) is 80.4 cm³/mol. The van der Waals surface area contributed by atoms with Crippen LogP contribution in [0, 0.1) is 6.92 Å². The van der Waals surface area contributed by atoms with Crippen LogP contribution in [-0.4, -0.2) is 19.3 Å². The molecule has 0 spiro atoms. The average molecular weight is 261 g/mol. The van der Waals surface area contributed by atoms with Crippen LogP contribution >= 0.6 is 0 Å². The molecule has 0 radical (unpaired) electrons. The smallest absolute Gasteiger partial charge is 0.0872 e. The molecule has 0 bridgehead atoms. The van der Waals surface area contributed by atoms with Crippen LogP contribution in [-0.2, 0) is 4.74 Å². The lowest BCUT2D eigenvalue weighted by atomic mass is 9.76. The molecule has 0 aromatic heterocycles. The number of rotatable bonds is 5. The molecule has 0 amide bonds. The Kier molecular flexibility index (Phi) is 5.00. The van der Waals surface area contributed by atoms with Gasteiger partial charge in [-0.2, -0.15) is 0 Å². The molecule has 0 aliphatic heterocycles. The highest BCUT2D eigenvalue weighted by molar-refractivity contribution is 5.27. The molecule has 1 atom stereocenters. The third-order valence-corrected chi connectivity index (χ3v) is 4.42. The summed E-state index contributed by atoms with van der Waals surface area (Å²) in [5.41, 5.74) is 2.66. The molecule has 1 aromatic rings. The van der Waals surface area contributed by atoms with Crippen molar-refractivity contribution in [2.75, 3.05) is 13.7 Å². The first-order chi connectivity index (χ1) is 9.22. The third-order valence-electron chi connectivity index (χ3n) is 4.42. The second kappa shape index (κ2) is 6.53. The first-order valence-corrected chi connectivity index (χ1v) is 7.57. The number of nitrogens with one attached hydrogen (secondary N) is 1. The number of aryl methyl sites for hydroxylation is 1. The van der Waals surface area contributed by atoms with Crippen molar-refractivity contribution in [3.05, 3.63) is 35.4 Å². The minimum absolute atomic E-state index is 0.0257. The van der Waals surface area contributed by atoms with Gasteiger partial charge in [-0.25, -0.2) is 0 Å². The molecule has 0 saturated heterocycles. The van der Waals surface area contributed by atoms with Gasteiger partial charge in [-0.15, -0.1) is 0 Å². The molecular formula is C17H27NO. The molecule has 1 unspecified atom stereocenters. The molecule has 106 valence electrons. The fraction of sp³-hybridized carbons (Fsp3) is 0.647. The van der Waals surface area contributed by atoms with E-state index in [1.807, 2.05) is 7.11 Å². The normalized spacial score (nSPS) is 20.2. The zero-order valence-electron chi connectivity index (χ0n) is 12.5. The SMILES string of the molecule is CCNC(c1cccc(C)c1)C1(OC)CCCCC1. The summed E-state index contributed by atoms with van der Waals surface area (Å²) in [6.07, 6.45) is 6.23. The lowest BCUT2D eigenvalue weighted by Gasteiger charge is -2.43. The Morgan fingerprint density at radius 2 is 2.00 bits per heavy atom. The minimum Gasteiger partial charge on any atom is -0.376 e. The topological polar surface area (TPSA) is 21.3 Å². The van der Waals surface area contributed by atoms with Crippen molar-refractivity contribution >= 4 is 0 Å². The van der Waals surface area contributed by atoms with E-state index in [2.05, 4.69) is 43.4 Å². The van der Waals surface area contributed by atoms with Crippen LogP contribution in [0.15, 0.2) is 24.3 Å². The van der Waals surface area contributed by atoms with E-state index < -0.39 is 0 Å². The van der Waals surface area contributed by atoms with Gasteiger partial charge in [0.05, 0.1) is 11.6 Å². The van der Waals surface area contributed by atoms with Crippen molar-refractivity contribution in [1.82, 2.24) is 5.32 Å². The van der Waals surface area contributed by atoms with Crippen LogP contribution in [0.2, 0.25) is 0 Å². The molecule has 2 nitrogen and oxygen atoms in total. The Balaban J connectivity index is 2.32. The summed E-state index contributed by atoms with van der Waals surface area (Å²) in [7, 11) is 1.88. The molecule has 1 aliphatic carbocycles. The maximum Gasteiger partial charge on any atom is 0.0872 e. The van der Waals surface area contributed by atoms with E-state index >= 15 is 0 Å². The van der Waals surface area contributed by atoms with E-state index in [0.717, 1.165) is 19.4 Å². The molecule has 1 aromatic carbocycles. The van der Waals surface area contributed by atoms with Gasteiger partial charge in [0.1, 0.15) is 0 Å². The van der Waals surface area contributed by atoms with E-state index in [0.29, 0.717) is 6.04 Å². The fourth-order valence-corrected chi connectivity index (χ4v) is 3.42. The number of hydrogen-bond acceptors (Lipinski definition) is 2. The van der Waals surface area contributed by atoms with Gasteiger partial charge in [-0.05, 0) is 31.9 Å². The van der Waals surface area contributed by atoms with E-state index in [1.165, 1.54) is 30.4 Å². The molecule has 1 saturated carbocycles. The van der Waals surface area contributed by atoms with Crippen LogP contribution in [0.4, 0.5) is 0 Å². The molecule has 1 fully saturated rings. The van der Waals surface area contributed by atoms with Crippen LogP contribution in [0.25, 0.3) is 0 Å². The van der Waals surface area contributed by atoms with Gasteiger partial charge >= 0.3 is 0 Å². The van der Waals surface area contributed by atoms with Crippen molar-refractivity contribution in [3.63, 3.8) is 0 Å². The lowest BCUT2D eigenvalue weighted by Crippen LogP contribution is -2.47. The molecule has 1 N–H and O–H groups in total. The maximum absolute atomic E-state index is 6.03. The highest BCUT2D eigenvalue weighted by Gasteiger charge is 2.40. The van der Waals surface area contributed by atoms with Crippen molar-refractivity contribution in [2.45, 2.75) is 57.6 Å². The standard InChI is InChI=1S/C17H27NO/c1-4-18-16(15-10-8-9-14(2)13-15)17(19-3)11-6-5-7-12-17/h8-10,13,16,18H,4-7,11-12H2,1-3H3. The molecule has 19 heavy (non-hydrogen) atoms. The highest BCUT2D eigenvalue weighted by Crippen LogP contribution is 2.41. The van der Waals surface area contributed by atoms with Gasteiger partial charge in [0.25, 0.3) is 0 Å². The summed E-state index contributed by atoms with van der Waals surface area (Å²) < 4.78 is 6.03. The quantitative estimate of drug-likeness (QED) is 0.865. The van der Waals surface area contributed by atoms with E-state index in [-0.39, 0.29) is 5.60 Å². The van der Waals surface area contributed by atoms with Gasteiger partial charge in [-0.1, -0.05) is 56.0 Å². The van der Waals surface area contributed by atoms with Gasteiger partial charge in [0.2, 0.25) is 0 Å². The molecule has 1 aliphatic rings. The molecule has 0 heterocycles.